The van der Waals surface area contributed by atoms with Gasteiger partial charge in [0.25, 0.3) is 0 Å². The number of rotatable bonds is 3. The van der Waals surface area contributed by atoms with Gasteiger partial charge in [0.05, 0.1) is 5.69 Å². The lowest BCUT2D eigenvalue weighted by molar-refractivity contribution is -0.113. The Morgan fingerprint density at radius 3 is 2.31 bits per heavy atom. The Morgan fingerprint density at radius 2 is 1.77 bits per heavy atom. The highest BCUT2D eigenvalue weighted by Crippen LogP contribution is 2.66. The summed E-state index contributed by atoms with van der Waals surface area (Å²) in [4.78, 5) is 23.7. The van der Waals surface area contributed by atoms with E-state index >= 15 is 0 Å². The van der Waals surface area contributed by atoms with Gasteiger partial charge in [0.2, 0.25) is 5.91 Å². The van der Waals surface area contributed by atoms with Gasteiger partial charge < -0.3 is 16.4 Å². The second-order valence-electron chi connectivity index (χ2n) is 9.55. The molecule has 3 amide bonds. The van der Waals surface area contributed by atoms with E-state index in [9.17, 15) is 14.0 Å². The molecule has 0 aromatic heterocycles. The molecule has 5 nitrogen and oxygen atoms in total. The summed E-state index contributed by atoms with van der Waals surface area (Å²) < 4.78 is 14.1. The van der Waals surface area contributed by atoms with Gasteiger partial charge in [-0.1, -0.05) is 13.8 Å². The molecule has 4 fully saturated rings. The molecular weight excluding hydrogens is 333 g/mol. The number of nitrogens with two attached hydrogens (primary N) is 1. The van der Waals surface area contributed by atoms with Crippen molar-refractivity contribution in [1.82, 2.24) is 5.32 Å². The molecule has 0 aliphatic heterocycles. The second kappa shape index (κ2) is 5.44. The minimum absolute atomic E-state index is 0.0506. The SMILES string of the molecule is C[C@]12CC3CC(NC(=O)Nc4ccc(C(N)=O)cc4F)(C1)C[C@@](C)(C3)C2. The smallest absolute Gasteiger partial charge is 0.319 e. The van der Waals surface area contributed by atoms with E-state index < -0.39 is 11.7 Å². The molecule has 0 saturated heterocycles. The van der Waals surface area contributed by atoms with Crippen molar-refractivity contribution in [3.63, 3.8) is 0 Å². The van der Waals surface area contributed by atoms with Crippen molar-refractivity contribution in [2.45, 2.75) is 57.9 Å². The number of anilines is 1. The van der Waals surface area contributed by atoms with Gasteiger partial charge >= 0.3 is 6.03 Å². The van der Waals surface area contributed by atoms with Gasteiger partial charge in [-0.2, -0.15) is 0 Å². The average molecular weight is 359 g/mol. The first-order valence-corrected chi connectivity index (χ1v) is 9.28. The fraction of sp³-hybridized carbons (Fsp3) is 0.600. The quantitative estimate of drug-likeness (QED) is 0.767. The van der Waals surface area contributed by atoms with Crippen molar-refractivity contribution in [3.8, 4) is 0 Å². The van der Waals surface area contributed by atoms with Crippen LogP contribution < -0.4 is 16.4 Å². The fourth-order valence-electron chi connectivity index (χ4n) is 6.75. The minimum Gasteiger partial charge on any atom is -0.366 e. The summed E-state index contributed by atoms with van der Waals surface area (Å²) in [6, 6.07) is 3.44. The summed E-state index contributed by atoms with van der Waals surface area (Å²) in [7, 11) is 0. The van der Waals surface area contributed by atoms with Crippen LogP contribution in [-0.4, -0.2) is 17.5 Å². The van der Waals surface area contributed by atoms with Gasteiger partial charge in [0.1, 0.15) is 5.82 Å². The molecular formula is C20H26FN3O2. The van der Waals surface area contributed by atoms with Crippen LogP contribution in [0, 0.1) is 22.6 Å². The molecule has 26 heavy (non-hydrogen) atoms. The van der Waals surface area contributed by atoms with E-state index in [1.807, 2.05) is 0 Å². The zero-order valence-corrected chi connectivity index (χ0v) is 15.3. The average Bonchev–Trinajstić information content (AvgIpc) is 2.44. The van der Waals surface area contributed by atoms with Crippen molar-refractivity contribution in [2.75, 3.05) is 5.32 Å². The van der Waals surface area contributed by atoms with Crippen molar-refractivity contribution in [3.05, 3.63) is 29.6 Å². The molecule has 1 aromatic carbocycles. The zero-order chi connectivity index (χ0) is 18.7. The van der Waals surface area contributed by atoms with Crippen molar-refractivity contribution >= 4 is 17.6 Å². The first kappa shape index (κ1) is 17.3. The predicted molar refractivity (Wildman–Crippen MR) is 97.2 cm³/mol. The first-order valence-electron chi connectivity index (χ1n) is 9.28. The summed E-state index contributed by atoms with van der Waals surface area (Å²) in [5.41, 5.74) is 5.66. The van der Waals surface area contributed by atoms with Crippen LogP contribution in [0.5, 0.6) is 0 Å². The molecule has 0 spiro atoms. The van der Waals surface area contributed by atoms with Crippen molar-refractivity contribution in [2.24, 2.45) is 22.5 Å². The number of carbonyl (C=O) groups is 2. The summed E-state index contributed by atoms with van der Waals surface area (Å²) in [5, 5.41) is 5.78. The molecule has 4 atom stereocenters. The molecule has 4 bridgehead atoms. The molecule has 140 valence electrons. The minimum atomic E-state index is -0.699. The summed E-state index contributed by atoms with van der Waals surface area (Å²) >= 11 is 0. The maximum absolute atomic E-state index is 14.1. The number of halogens is 1. The van der Waals surface area contributed by atoms with Crippen LogP contribution in [0.3, 0.4) is 0 Å². The highest BCUT2D eigenvalue weighted by atomic mass is 19.1. The molecule has 5 rings (SSSR count). The topological polar surface area (TPSA) is 84.2 Å². The van der Waals surface area contributed by atoms with Crippen molar-refractivity contribution < 1.29 is 14.0 Å². The van der Waals surface area contributed by atoms with Gasteiger partial charge in [-0.15, -0.1) is 0 Å². The summed E-state index contributed by atoms with van der Waals surface area (Å²) in [6.45, 7) is 4.68. The Balaban J connectivity index is 1.50. The number of benzene rings is 1. The Bertz CT molecular complexity index is 775. The van der Waals surface area contributed by atoms with E-state index in [0.717, 1.165) is 25.3 Å². The van der Waals surface area contributed by atoms with E-state index in [4.69, 9.17) is 5.73 Å². The Kier molecular flexibility index (Phi) is 3.62. The zero-order valence-electron chi connectivity index (χ0n) is 15.3. The number of primary amides is 1. The predicted octanol–water partition coefficient (Wildman–Crippen LogP) is 3.80. The molecule has 6 heteroatoms. The standard InChI is InChI=1S/C20H26FN3O2/c1-18-6-12-7-19(2,9-18)11-20(8-12,10-18)24-17(26)23-15-4-3-13(16(22)25)5-14(15)21/h3-5,12H,6-11H2,1-2H3,(H2,22,25)(H2,23,24,26)/t12?,18-,19+,20?. The molecule has 4 aliphatic carbocycles. The Morgan fingerprint density at radius 1 is 1.12 bits per heavy atom. The van der Waals surface area contributed by atoms with E-state index in [-0.39, 0.29) is 33.7 Å². The maximum atomic E-state index is 14.1. The lowest BCUT2D eigenvalue weighted by Gasteiger charge is -2.65. The molecule has 0 radical (unpaired) electrons. The number of carbonyl (C=O) groups excluding carboxylic acids is 2. The van der Waals surface area contributed by atoms with E-state index in [1.165, 1.54) is 31.4 Å². The fourth-order valence-corrected chi connectivity index (χ4v) is 6.75. The van der Waals surface area contributed by atoms with Gasteiger partial charge in [0, 0.05) is 11.1 Å². The Labute approximate surface area is 152 Å². The largest absolute Gasteiger partial charge is 0.366 e. The van der Waals surface area contributed by atoms with Crippen LogP contribution >= 0.6 is 0 Å². The Hall–Kier alpha value is -2.11. The van der Waals surface area contributed by atoms with Crippen LogP contribution in [0.15, 0.2) is 18.2 Å². The molecule has 4 aliphatic rings. The van der Waals surface area contributed by atoms with Gasteiger partial charge in [0.15, 0.2) is 0 Å². The summed E-state index contributed by atoms with van der Waals surface area (Å²) in [6.07, 6.45) is 6.71. The third-order valence-electron chi connectivity index (χ3n) is 6.51. The number of hydrogen-bond donors (Lipinski definition) is 3. The normalized spacial score (nSPS) is 37.4. The summed E-state index contributed by atoms with van der Waals surface area (Å²) in [5.74, 6) is -0.705. The highest BCUT2D eigenvalue weighted by Gasteiger charge is 2.60. The highest BCUT2D eigenvalue weighted by molar-refractivity contribution is 5.94. The molecule has 1 aromatic rings. The lowest BCUT2D eigenvalue weighted by atomic mass is 9.43. The van der Waals surface area contributed by atoms with Crippen LogP contribution in [0.25, 0.3) is 0 Å². The van der Waals surface area contributed by atoms with E-state index in [2.05, 4.69) is 24.5 Å². The lowest BCUT2D eigenvalue weighted by Crippen LogP contribution is -2.65. The number of nitrogens with one attached hydrogen (secondary N) is 2. The molecule has 0 heterocycles. The molecule has 4 saturated carbocycles. The van der Waals surface area contributed by atoms with E-state index in [1.54, 1.807) is 0 Å². The second-order valence-corrected chi connectivity index (χ2v) is 9.55. The van der Waals surface area contributed by atoms with Gasteiger partial charge in [-0.25, -0.2) is 9.18 Å². The molecule has 4 N–H and O–H groups in total. The third kappa shape index (κ3) is 2.95. The molecule has 2 unspecified atom stereocenters. The first-order chi connectivity index (χ1) is 12.1. The number of urea groups is 1. The van der Waals surface area contributed by atoms with Crippen LogP contribution in [-0.2, 0) is 0 Å². The van der Waals surface area contributed by atoms with Crippen LogP contribution in [0.1, 0.15) is 62.7 Å². The van der Waals surface area contributed by atoms with Crippen LogP contribution in [0.4, 0.5) is 14.9 Å². The monoisotopic (exact) mass is 359 g/mol. The van der Waals surface area contributed by atoms with Gasteiger partial charge in [-0.3, -0.25) is 4.79 Å². The van der Waals surface area contributed by atoms with Crippen molar-refractivity contribution in [1.29, 1.82) is 0 Å². The number of hydrogen-bond acceptors (Lipinski definition) is 2. The maximum Gasteiger partial charge on any atom is 0.319 e. The van der Waals surface area contributed by atoms with Crippen LogP contribution in [0.2, 0.25) is 0 Å². The third-order valence-corrected chi connectivity index (χ3v) is 6.51. The van der Waals surface area contributed by atoms with Gasteiger partial charge in [-0.05, 0) is 73.5 Å². The van der Waals surface area contributed by atoms with E-state index in [0.29, 0.717) is 5.92 Å². The number of amides is 3.